The maximum Gasteiger partial charge on any atom is 0.268 e. The number of nitrogens with zero attached hydrogens (tertiary/aromatic N) is 3. The summed E-state index contributed by atoms with van der Waals surface area (Å²) >= 11 is 0. The molecule has 0 radical (unpaired) electrons. The highest BCUT2D eigenvalue weighted by molar-refractivity contribution is 5.98. The predicted octanol–water partition coefficient (Wildman–Crippen LogP) is 2.69. The van der Waals surface area contributed by atoms with Gasteiger partial charge < -0.3 is 15.1 Å². The molecule has 2 heterocycles. The van der Waals surface area contributed by atoms with Gasteiger partial charge in [0.15, 0.2) is 6.17 Å². The normalized spacial score (nSPS) is 25.8. The van der Waals surface area contributed by atoms with Crippen LogP contribution in [0.2, 0.25) is 0 Å². The quantitative estimate of drug-likeness (QED) is 0.774. The van der Waals surface area contributed by atoms with Crippen molar-refractivity contribution < 1.29 is 9.59 Å². The number of amides is 2. The molecule has 4 rings (SSSR count). The third-order valence-corrected chi connectivity index (χ3v) is 6.29. The molecule has 3 aliphatic rings. The number of anilines is 1. The van der Waals surface area contributed by atoms with Gasteiger partial charge in [-0.2, -0.15) is 5.10 Å². The maximum absolute atomic E-state index is 13.3. The molecule has 0 bridgehead atoms. The minimum atomic E-state index is -0.465. The molecule has 2 amide bonds. The molecule has 1 saturated heterocycles. The fourth-order valence-electron chi connectivity index (χ4n) is 4.84. The van der Waals surface area contributed by atoms with Gasteiger partial charge in [0.2, 0.25) is 5.91 Å². The van der Waals surface area contributed by atoms with Gasteiger partial charge >= 0.3 is 0 Å². The number of hydrazone groups is 1. The van der Waals surface area contributed by atoms with Crippen molar-refractivity contribution in [2.45, 2.75) is 77.0 Å². The summed E-state index contributed by atoms with van der Waals surface area (Å²) in [6, 6.07) is 8.19. The molecular weight excluding hydrogens is 366 g/mol. The number of hydrogen-bond acceptors (Lipinski definition) is 5. The molecule has 29 heavy (non-hydrogen) atoms. The third-order valence-electron chi connectivity index (χ3n) is 6.29. The molecular formula is C22H31N5O2. The van der Waals surface area contributed by atoms with Crippen molar-refractivity contribution in [1.29, 1.82) is 0 Å². The zero-order chi connectivity index (χ0) is 20.4. The highest BCUT2D eigenvalue weighted by Crippen LogP contribution is 2.35. The summed E-state index contributed by atoms with van der Waals surface area (Å²) in [7, 11) is 0. The number of aryl methyl sites for hydroxylation is 1. The first-order valence-corrected chi connectivity index (χ1v) is 10.9. The number of rotatable bonds is 6. The minimum Gasteiger partial charge on any atom is -0.325 e. The van der Waals surface area contributed by atoms with E-state index in [9.17, 15) is 9.59 Å². The van der Waals surface area contributed by atoms with Crippen molar-refractivity contribution in [2.75, 3.05) is 11.9 Å². The van der Waals surface area contributed by atoms with Gasteiger partial charge in [0.25, 0.3) is 5.91 Å². The van der Waals surface area contributed by atoms with Crippen LogP contribution < -0.4 is 10.7 Å². The molecule has 7 heteroatoms. The maximum atomic E-state index is 13.3. The van der Waals surface area contributed by atoms with Gasteiger partial charge in [-0.05, 0) is 43.4 Å². The average molecular weight is 398 g/mol. The smallest absolute Gasteiger partial charge is 0.268 e. The number of carbonyl (C=O) groups excluding carboxylic acids is 2. The van der Waals surface area contributed by atoms with Crippen molar-refractivity contribution >= 4 is 23.3 Å². The van der Waals surface area contributed by atoms with E-state index in [0.717, 1.165) is 56.5 Å². The first-order chi connectivity index (χ1) is 14.1. The summed E-state index contributed by atoms with van der Waals surface area (Å²) < 4.78 is 0. The molecule has 0 spiro atoms. The number of carbonyl (C=O) groups is 2. The standard InChI is InChI=1S/C22H31N5O2/c1-3-7-19-24-25-21-22(29)26(17-8-5-6-9-18(17)27(19)21)14-20(28)23-16-12-10-15(4-2)11-13-16/h10-13,17-18,21,25H,3-9,14H2,1-2H3,(H,23,28). The molecule has 2 N–H and O–H groups in total. The van der Waals surface area contributed by atoms with E-state index < -0.39 is 6.17 Å². The predicted molar refractivity (Wildman–Crippen MR) is 113 cm³/mol. The summed E-state index contributed by atoms with van der Waals surface area (Å²) in [5.41, 5.74) is 5.03. The first-order valence-electron chi connectivity index (χ1n) is 10.9. The van der Waals surface area contributed by atoms with Crippen molar-refractivity contribution in [3.8, 4) is 0 Å². The van der Waals surface area contributed by atoms with E-state index in [2.05, 4.69) is 34.6 Å². The number of benzene rings is 1. The van der Waals surface area contributed by atoms with Crippen molar-refractivity contribution in [1.82, 2.24) is 15.2 Å². The van der Waals surface area contributed by atoms with E-state index in [0.29, 0.717) is 0 Å². The molecule has 0 aromatic heterocycles. The molecule has 7 nitrogen and oxygen atoms in total. The van der Waals surface area contributed by atoms with Crippen molar-refractivity contribution in [3.63, 3.8) is 0 Å². The van der Waals surface area contributed by atoms with Gasteiger partial charge in [-0.15, -0.1) is 0 Å². The summed E-state index contributed by atoms with van der Waals surface area (Å²) in [6.07, 6.45) is 6.60. The molecule has 2 aliphatic heterocycles. The second kappa shape index (κ2) is 8.43. The Balaban J connectivity index is 1.48. The molecule has 156 valence electrons. The van der Waals surface area contributed by atoms with Gasteiger partial charge in [0.05, 0.1) is 12.1 Å². The van der Waals surface area contributed by atoms with E-state index >= 15 is 0 Å². The largest absolute Gasteiger partial charge is 0.325 e. The Bertz CT molecular complexity index is 791. The van der Waals surface area contributed by atoms with Gasteiger partial charge in [0.1, 0.15) is 12.4 Å². The third kappa shape index (κ3) is 3.82. The van der Waals surface area contributed by atoms with Crippen LogP contribution in [-0.2, 0) is 16.0 Å². The number of hydrogen-bond donors (Lipinski definition) is 2. The summed E-state index contributed by atoms with van der Waals surface area (Å²) in [4.78, 5) is 30.0. The van der Waals surface area contributed by atoms with Crippen LogP contribution in [0.15, 0.2) is 29.4 Å². The van der Waals surface area contributed by atoms with Gasteiger partial charge in [0, 0.05) is 12.1 Å². The van der Waals surface area contributed by atoms with Crippen LogP contribution in [0.1, 0.15) is 57.9 Å². The Morgan fingerprint density at radius 3 is 2.59 bits per heavy atom. The number of fused-ring (bicyclic) bond motifs is 3. The number of piperazine rings is 1. The molecule has 1 aromatic carbocycles. The zero-order valence-corrected chi connectivity index (χ0v) is 17.4. The van der Waals surface area contributed by atoms with E-state index in [1.165, 1.54) is 5.56 Å². The molecule has 3 unspecified atom stereocenters. The van der Waals surface area contributed by atoms with E-state index in [1.54, 1.807) is 4.90 Å². The first kappa shape index (κ1) is 19.7. The summed E-state index contributed by atoms with van der Waals surface area (Å²) in [6.45, 7) is 4.32. The van der Waals surface area contributed by atoms with Crippen LogP contribution in [0.4, 0.5) is 5.69 Å². The SMILES string of the molecule is CCCC1=NNC2C(=O)N(CC(=O)Nc3ccc(CC)cc3)C3CCCCC3N12. The molecule has 3 atom stereocenters. The lowest BCUT2D eigenvalue weighted by molar-refractivity contribution is -0.151. The monoisotopic (exact) mass is 397 g/mol. The Labute approximate surface area is 172 Å². The Hall–Kier alpha value is -2.57. The molecule has 1 aliphatic carbocycles. The van der Waals surface area contributed by atoms with Gasteiger partial charge in [-0.1, -0.05) is 38.8 Å². The highest BCUT2D eigenvalue weighted by Gasteiger charge is 2.50. The summed E-state index contributed by atoms with van der Waals surface area (Å²) in [5.74, 6) is 0.801. The van der Waals surface area contributed by atoms with E-state index in [1.807, 2.05) is 24.3 Å². The van der Waals surface area contributed by atoms with Crippen LogP contribution in [-0.4, -0.2) is 52.2 Å². The Kier molecular flexibility index (Phi) is 5.74. The highest BCUT2D eigenvalue weighted by atomic mass is 16.2. The lowest BCUT2D eigenvalue weighted by Crippen LogP contribution is -2.69. The zero-order valence-electron chi connectivity index (χ0n) is 17.4. The van der Waals surface area contributed by atoms with Crippen LogP contribution in [0, 0.1) is 0 Å². The van der Waals surface area contributed by atoms with Gasteiger partial charge in [-0.25, -0.2) is 0 Å². The second-order valence-electron chi connectivity index (χ2n) is 8.20. The lowest BCUT2D eigenvalue weighted by atomic mass is 9.85. The Morgan fingerprint density at radius 2 is 1.90 bits per heavy atom. The van der Waals surface area contributed by atoms with Crippen molar-refractivity contribution in [2.24, 2.45) is 5.10 Å². The van der Waals surface area contributed by atoms with E-state index in [-0.39, 0.29) is 30.4 Å². The topological polar surface area (TPSA) is 77.0 Å². The molecule has 2 fully saturated rings. The average Bonchev–Trinajstić information content (AvgIpc) is 3.16. The lowest BCUT2D eigenvalue weighted by Gasteiger charge is -2.51. The number of nitrogens with one attached hydrogen (secondary N) is 2. The van der Waals surface area contributed by atoms with Crippen LogP contribution >= 0.6 is 0 Å². The van der Waals surface area contributed by atoms with Crippen LogP contribution in [0.25, 0.3) is 0 Å². The van der Waals surface area contributed by atoms with Gasteiger partial charge in [-0.3, -0.25) is 15.0 Å². The molecule has 1 aromatic rings. The van der Waals surface area contributed by atoms with E-state index in [4.69, 9.17) is 0 Å². The van der Waals surface area contributed by atoms with Crippen LogP contribution in [0.5, 0.6) is 0 Å². The van der Waals surface area contributed by atoms with Crippen LogP contribution in [0.3, 0.4) is 0 Å². The fraction of sp³-hybridized carbons (Fsp3) is 0.591. The minimum absolute atomic E-state index is 0.0421. The fourth-order valence-corrected chi connectivity index (χ4v) is 4.84. The summed E-state index contributed by atoms with van der Waals surface area (Å²) in [5, 5.41) is 7.40. The molecule has 1 saturated carbocycles. The second-order valence-corrected chi connectivity index (χ2v) is 8.20. The van der Waals surface area contributed by atoms with Crippen molar-refractivity contribution in [3.05, 3.63) is 29.8 Å². The Morgan fingerprint density at radius 1 is 1.17 bits per heavy atom. The number of amidine groups is 1.